The van der Waals surface area contributed by atoms with Crippen molar-refractivity contribution >= 4 is 11.0 Å². The Hall–Kier alpha value is -2.05. The van der Waals surface area contributed by atoms with Gasteiger partial charge in [0.05, 0.1) is 11.0 Å². The van der Waals surface area contributed by atoms with E-state index in [4.69, 9.17) is 4.74 Å². The number of ether oxygens (including phenoxy) is 1. The zero-order chi connectivity index (χ0) is 19.3. The van der Waals surface area contributed by atoms with E-state index >= 15 is 0 Å². The molecule has 1 aliphatic carbocycles. The molecule has 1 aromatic heterocycles. The zero-order valence-electron chi connectivity index (χ0n) is 15.3. The average Bonchev–Trinajstić information content (AvgIpc) is 3.12. The predicted octanol–water partition coefficient (Wildman–Crippen LogP) is 5.57. The summed E-state index contributed by atoms with van der Waals surface area (Å²) >= 11 is 0. The Morgan fingerprint density at radius 2 is 1.81 bits per heavy atom. The van der Waals surface area contributed by atoms with Crippen LogP contribution < -0.4 is 4.74 Å². The van der Waals surface area contributed by atoms with Gasteiger partial charge in [-0.1, -0.05) is 44.9 Å². The highest BCUT2D eigenvalue weighted by molar-refractivity contribution is 5.76. The van der Waals surface area contributed by atoms with E-state index in [0.717, 1.165) is 18.8 Å². The van der Waals surface area contributed by atoms with Crippen LogP contribution in [0.4, 0.5) is 13.2 Å². The highest BCUT2D eigenvalue weighted by atomic mass is 19.4. The minimum Gasteiger partial charge on any atom is -0.492 e. The van der Waals surface area contributed by atoms with E-state index in [0.29, 0.717) is 23.1 Å². The van der Waals surface area contributed by atoms with Gasteiger partial charge in [0.25, 0.3) is 0 Å². The molecule has 1 heterocycles. The molecule has 148 valence electrons. The Labute approximate surface area is 156 Å². The molecular weight excluding hydrogens is 357 g/mol. The van der Waals surface area contributed by atoms with Crippen LogP contribution in [-0.4, -0.2) is 27.9 Å². The molecule has 0 radical (unpaired) electrons. The van der Waals surface area contributed by atoms with Gasteiger partial charge in [-0.15, -0.1) is 0 Å². The number of hydrogen-bond donors (Lipinski definition) is 1. The average molecular weight is 382 g/mol. The number of rotatable bonds is 8. The van der Waals surface area contributed by atoms with E-state index in [1.54, 1.807) is 6.07 Å². The second-order valence-electron chi connectivity index (χ2n) is 7.30. The molecule has 0 aliphatic heterocycles. The van der Waals surface area contributed by atoms with Crippen molar-refractivity contribution in [2.45, 2.75) is 64.0 Å². The molecule has 27 heavy (non-hydrogen) atoms. The largest absolute Gasteiger partial charge is 0.492 e. The maximum absolute atomic E-state index is 12.2. The Morgan fingerprint density at radius 1 is 1.04 bits per heavy atom. The van der Waals surface area contributed by atoms with Crippen molar-refractivity contribution in [1.82, 2.24) is 9.97 Å². The summed E-state index contributed by atoms with van der Waals surface area (Å²) in [6.45, 7) is -1.36. The van der Waals surface area contributed by atoms with Crippen molar-refractivity contribution in [3.05, 3.63) is 23.9 Å². The van der Waals surface area contributed by atoms with Crippen LogP contribution in [-0.2, 0) is 6.42 Å². The van der Waals surface area contributed by atoms with Crippen molar-refractivity contribution in [3.8, 4) is 11.6 Å². The predicted molar refractivity (Wildman–Crippen MR) is 96.9 cm³/mol. The van der Waals surface area contributed by atoms with Gasteiger partial charge in [-0.3, -0.25) is 0 Å². The normalized spacial score (nSPS) is 15.5. The van der Waals surface area contributed by atoms with Gasteiger partial charge in [0.15, 0.2) is 6.61 Å². The molecule has 1 fully saturated rings. The van der Waals surface area contributed by atoms with E-state index in [1.807, 2.05) is 0 Å². The van der Waals surface area contributed by atoms with Crippen molar-refractivity contribution < 1.29 is 23.0 Å². The smallest absolute Gasteiger partial charge is 0.422 e. The number of aromatic hydroxyl groups is 1. The van der Waals surface area contributed by atoms with Crippen molar-refractivity contribution in [2.24, 2.45) is 5.92 Å². The fourth-order valence-corrected chi connectivity index (χ4v) is 3.69. The first-order valence-electron chi connectivity index (χ1n) is 9.60. The summed E-state index contributed by atoms with van der Waals surface area (Å²) in [6.07, 6.45) is 6.24. The van der Waals surface area contributed by atoms with Gasteiger partial charge in [0.2, 0.25) is 5.88 Å². The van der Waals surface area contributed by atoms with Crippen LogP contribution in [0.15, 0.2) is 18.2 Å². The quantitative estimate of drug-likeness (QED) is 0.607. The summed E-state index contributed by atoms with van der Waals surface area (Å²) in [5.74, 6) is 0.784. The van der Waals surface area contributed by atoms with E-state index < -0.39 is 12.8 Å². The van der Waals surface area contributed by atoms with Gasteiger partial charge in [-0.2, -0.15) is 13.2 Å². The molecule has 0 atom stereocenters. The first-order valence-corrected chi connectivity index (χ1v) is 9.60. The molecule has 7 heteroatoms. The van der Waals surface area contributed by atoms with Gasteiger partial charge in [-0.05, 0) is 30.9 Å². The molecule has 0 saturated heterocycles. The van der Waals surface area contributed by atoms with Gasteiger partial charge in [0.1, 0.15) is 11.4 Å². The van der Waals surface area contributed by atoms with Crippen LogP contribution in [0.3, 0.4) is 0 Å². The van der Waals surface area contributed by atoms with Crippen LogP contribution in [0.2, 0.25) is 0 Å². The van der Waals surface area contributed by atoms with Crippen molar-refractivity contribution in [1.29, 1.82) is 0 Å². The lowest BCUT2D eigenvalue weighted by molar-refractivity contribution is -0.153. The number of alkyl halides is 3. The maximum atomic E-state index is 12.2. The number of aryl methyl sites for hydroxylation is 1. The highest BCUT2D eigenvalue weighted by Crippen LogP contribution is 2.29. The topological polar surface area (TPSA) is 55.2 Å². The lowest BCUT2D eigenvalue weighted by Gasteiger charge is -2.10. The Balaban J connectivity index is 1.54. The molecule has 0 unspecified atom stereocenters. The summed E-state index contributed by atoms with van der Waals surface area (Å²) in [7, 11) is 0. The third-order valence-corrected chi connectivity index (χ3v) is 5.09. The Kier molecular flexibility index (Phi) is 6.39. The van der Waals surface area contributed by atoms with Crippen LogP contribution in [0.25, 0.3) is 11.0 Å². The summed E-state index contributed by atoms with van der Waals surface area (Å²) in [4.78, 5) is 8.48. The first kappa shape index (κ1) is 19.7. The van der Waals surface area contributed by atoms with Gasteiger partial charge in [-0.25, -0.2) is 9.97 Å². The molecular formula is C20H25F3N2O2. The number of benzene rings is 1. The summed E-state index contributed by atoms with van der Waals surface area (Å²) in [5, 5.41) is 10.1. The number of aromatic nitrogens is 2. The molecule has 4 nitrogen and oxygen atoms in total. The summed E-state index contributed by atoms with van der Waals surface area (Å²) in [5.41, 5.74) is 1.39. The summed E-state index contributed by atoms with van der Waals surface area (Å²) in [6, 6.07) is 4.36. The SMILES string of the molecule is Oc1nc2cc(OCC(F)(F)F)ccc2nc1CCCCCC1CCCC1. The lowest BCUT2D eigenvalue weighted by Crippen LogP contribution is -2.19. The fourth-order valence-electron chi connectivity index (χ4n) is 3.69. The molecule has 1 aliphatic rings. The molecule has 1 saturated carbocycles. The van der Waals surface area contributed by atoms with Crippen LogP contribution in [0, 0.1) is 5.92 Å². The number of fused-ring (bicyclic) bond motifs is 1. The van der Waals surface area contributed by atoms with Gasteiger partial charge in [0, 0.05) is 6.07 Å². The third kappa shape index (κ3) is 5.97. The van der Waals surface area contributed by atoms with Crippen LogP contribution in [0.1, 0.15) is 57.1 Å². The van der Waals surface area contributed by atoms with E-state index in [9.17, 15) is 18.3 Å². The molecule has 1 aromatic carbocycles. The second-order valence-corrected chi connectivity index (χ2v) is 7.30. The Bertz CT molecular complexity index is 759. The zero-order valence-corrected chi connectivity index (χ0v) is 15.3. The van der Waals surface area contributed by atoms with Crippen molar-refractivity contribution in [2.75, 3.05) is 6.61 Å². The van der Waals surface area contributed by atoms with Gasteiger partial charge >= 0.3 is 6.18 Å². The van der Waals surface area contributed by atoms with E-state index in [2.05, 4.69) is 9.97 Å². The number of unbranched alkanes of at least 4 members (excludes halogenated alkanes) is 2. The third-order valence-electron chi connectivity index (χ3n) is 5.09. The second kappa shape index (κ2) is 8.76. The minimum atomic E-state index is -4.40. The molecule has 0 amide bonds. The molecule has 0 spiro atoms. The minimum absolute atomic E-state index is 0.0492. The number of hydrogen-bond acceptors (Lipinski definition) is 4. The first-order chi connectivity index (χ1) is 12.9. The standard InChI is InChI=1S/C20H25F3N2O2/c21-20(22,23)13-27-15-10-11-16-18(12-15)25-19(26)17(24-16)9-3-1-2-6-14-7-4-5-8-14/h10-12,14H,1-9,13H2,(H,25,26). The number of halogens is 3. The van der Waals surface area contributed by atoms with Crippen LogP contribution in [0.5, 0.6) is 11.6 Å². The van der Waals surface area contributed by atoms with E-state index in [-0.39, 0.29) is 11.6 Å². The molecule has 2 aromatic rings. The lowest BCUT2D eigenvalue weighted by atomic mass is 9.99. The Morgan fingerprint density at radius 3 is 2.56 bits per heavy atom. The number of nitrogens with zero attached hydrogens (tertiary/aromatic N) is 2. The highest BCUT2D eigenvalue weighted by Gasteiger charge is 2.28. The summed E-state index contributed by atoms with van der Waals surface area (Å²) < 4.78 is 41.4. The fraction of sp³-hybridized carbons (Fsp3) is 0.600. The van der Waals surface area contributed by atoms with Gasteiger partial charge < -0.3 is 9.84 Å². The molecule has 1 N–H and O–H groups in total. The maximum Gasteiger partial charge on any atom is 0.422 e. The molecule has 0 bridgehead atoms. The monoisotopic (exact) mass is 382 g/mol. The van der Waals surface area contributed by atoms with Crippen molar-refractivity contribution in [3.63, 3.8) is 0 Å². The van der Waals surface area contributed by atoms with Crippen LogP contribution >= 0.6 is 0 Å². The molecule has 3 rings (SSSR count). The van der Waals surface area contributed by atoms with E-state index in [1.165, 1.54) is 50.7 Å².